The highest BCUT2D eigenvalue weighted by molar-refractivity contribution is 5.71. The number of hydrogen-bond donors (Lipinski definition) is 0. The first-order chi connectivity index (χ1) is 37.5. The van der Waals surface area contributed by atoms with Gasteiger partial charge in [-0.3, -0.25) is 14.4 Å². The Labute approximate surface area is 472 Å². The van der Waals surface area contributed by atoms with Crippen LogP contribution in [0.5, 0.6) is 0 Å². The second-order valence-corrected chi connectivity index (χ2v) is 22.0. The van der Waals surface area contributed by atoms with Gasteiger partial charge in [-0.25, -0.2) is 0 Å². The summed E-state index contributed by atoms with van der Waals surface area (Å²) >= 11 is 0. The molecule has 0 aliphatic rings. The molecule has 0 saturated carbocycles. The van der Waals surface area contributed by atoms with Crippen molar-refractivity contribution in [1.82, 2.24) is 0 Å². The van der Waals surface area contributed by atoms with Crippen molar-refractivity contribution < 1.29 is 28.6 Å². The van der Waals surface area contributed by atoms with Gasteiger partial charge < -0.3 is 14.2 Å². The molecule has 1 unspecified atom stereocenters. The molecule has 6 nitrogen and oxygen atoms in total. The minimum Gasteiger partial charge on any atom is -0.462 e. The molecule has 0 bridgehead atoms. The molecule has 1 atom stereocenters. The Morgan fingerprint density at radius 2 is 0.474 bits per heavy atom. The lowest BCUT2D eigenvalue weighted by molar-refractivity contribution is -0.167. The molecule has 0 heterocycles. The van der Waals surface area contributed by atoms with E-state index >= 15 is 0 Å². The van der Waals surface area contributed by atoms with Crippen LogP contribution in [0.2, 0.25) is 0 Å². The van der Waals surface area contributed by atoms with Crippen LogP contribution in [-0.4, -0.2) is 37.2 Å². The fraction of sp³-hybridized carbons (Fsp3) is 0.786. The highest BCUT2D eigenvalue weighted by Crippen LogP contribution is 2.17. The Morgan fingerprint density at radius 3 is 0.763 bits per heavy atom. The third-order valence-corrected chi connectivity index (χ3v) is 14.4. The Bertz CT molecular complexity index is 1400. The highest BCUT2D eigenvalue weighted by Gasteiger charge is 2.19. The first kappa shape index (κ1) is 72.8. The van der Waals surface area contributed by atoms with Crippen LogP contribution in [0, 0.1) is 0 Å². The molecule has 0 amide bonds. The quantitative estimate of drug-likeness (QED) is 0.0261. The molecule has 0 aromatic carbocycles. The first-order valence-corrected chi connectivity index (χ1v) is 32.9. The molecule has 0 N–H and O–H groups in total. The summed E-state index contributed by atoms with van der Waals surface area (Å²) in [6, 6.07) is 0. The number of ether oxygens (including phenoxy) is 3. The fourth-order valence-corrected chi connectivity index (χ4v) is 9.46. The molecule has 440 valence electrons. The SMILES string of the molecule is CCCCC/C=C\C/C=C\C/C=C\CCCCCCCCC(=O)OCC(COC(=O)CCCCCCCCCCCCCCCCCCCCCC)OC(=O)CCCCCCCC/C=C\C/C=C\C/C=C\CCCCC. The van der Waals surface area contributed by atoms with E-state index in [1.54, 1.807) is 0 Å². The first-order valence-electron chi connectivity index (χ1n) is 32.9. The van der Waals surface area contributed by atoms with E-state index in [9.17, 15) is 14.4 Å². The fourth-order valence-electron chi connectivity index (χ4n) is 9.46. The van der Waals surface area contributed by atoms with E-state index in [0.29, 0.717) is 19.3 Å². The Morgan fingerprint density at radius 1 is 0.263 bits per heavy atom. The molecule has 0 fully saturated rings. The second-order valence-electron chi connectivity index (χ2n) is 22.0. The molecule has 6 heteroatoms. The Balaban J connectivity index is 4.40. The summed E-state index contributed by atoms with van der Waals surface area (Å²) in [6.07, 6.45) is 83.3. The normalized spacial score (nSPS) is 12.5. The number of rotatable bonds is 60. The summed E-state index contributed by atoms with van der Waals surface area (Å²) in [4.78, 5) is 38.4. The number of allylic oxidation sites excluding steroid dienone is 12. The number of unbranched alkanes of at least 4 members (excludes halogenated alkanes) is 37. The summed E-state index contributed by atoms with van der Waals surface area (Å²) in [5.41, 5.74) is 0. The molecular formula is C70H124O6. The molecule has 0 spiro atoms. The van der Waals surface area contributed by atoms with Crippen LogP contribution >= 0.6 is 0 Å². The summed E-state index contributed by atoms with van der Waals surface area (Å²) < 4.78 is 17.0. The van der Waals surface area contributed by atoms with Crippen molar-refractivity contribution in [3.05, 3.63) is 72.9 Å². The number of carbonyl (C=O) groups is 3. The van der Waals surface area contributed by atoms with Crippen molar-refractivity contribution in [2.75, 3.05) is 13.2 Å². The second kappa shape index (κ2) is 64.4. The molecule has 0 aromatic heterocycles. The van der Waals surface area contributed by atoms with E-state index in [-0.39, 0.29) is 31.1 Å². The number of carbonyl (C=O) groups excluding carboxylic acids is 3. The molecule has 0 rings (SSSR count). The molecule has 0 aliphatic heterocycles. The number of hydrogen-bond acceptors (Lipinski definition) is 6. The van der Waals surface area contributed by atoms with E-state index in [1.807, 2.05) is 0 Å². The van der Waals surface area contributed by atoms with E-state index in [4.69, 9.17) is 14.2 Å². The molecule has 0 saturated heterocycles. The molecule has 0 radical (unpaired) electrons. The summed E-state index contributed by atoms with van der Waals surface area (Å²) in [5.74, 6) is -0.890. The smallest absolute Gasteiger partial charge is 0.306 e. The van der Waals surface area contributed by atoms with E-state index in [2.05, 4.69) is 93.7 Å². The van der Waals surface area contributed by atoms with Gasteiger partial charge >= 0.3 is 17.9 Å². The Hall–Kier alpha value is -3.15. The van der Waals surface area contributed by atoms with E-state index < -0.39 is 6.10 Å². The maximum absolute atomic E-state index is 12.9. The summed E-state index contributed by atoms with van der Waals surface area (Å²) in [5, 5.41) is 0. The third kappa shape index (κ3) is 61.7. The van der Waals surface area contributed by atoms with Gasteiger partial charge in [-0.2, -0.15) is 0 Å². The topological polar surface area (TPSA) is 78.9 Å². The lowest BCUT2D eigenvalue weighted by Gasteiger charge is -2.18. The van der Waals surface area contributed by atoms with Gasteiger partial charge in [-0.1, -0.05) is 293 Å². The lowest BCUT2D eigenvalue weighted by atomic mass is 10.0. The van der Waals surface area contributed by atoms with Crippen LogP contribution in [0.4, 0.5) is 0 Å². The average Bonchev–Trinajstić information content (AvgIpc) is 3.42. The van der Waals surface area contributed by atoms with Crippen LogP contribution in [0.25, 0.3) is 0 Å². The van der Waals surface area contributed by atoms with Crippen molar-refractivity contribution in [3.63, 3.8) is 0 Å². The minimum atomic E-state index is -0.789. The molecule has 0 aromatic rings. The van der Waals surface area contributed by atoms with Crippen LogP contribution in [0.15, 0.2) is 72.9 Å². The summed E-state index contributed by atoms with van der Waals surface area (Å²) in [7, 11) is 0. The summed E-state index contributed by atoms with van der Waals surface area (Å²) in [6.45, 7) is 6.61. The standard InChI is InChI=1S/C70H124O6/c1-4-7-10-13-16-19-22-25-28-31-34-37-39-42-45-48-51-54-57-60-63-69(72)75-66-67(76-70(73)64-61-58-55-52-49-46-43-40-36-33-30-27-24-21-18-15-12-9-6-3)65-74-68(71)62-59-56-53-50-47-44-41-38-35-32-29-26-23-20-17-14-11-8-5-2/h17-18,20-21,26-27,29-30,35-36,38,40,67H,4-16,19,22-25,28,31-34,37,39,41-66H2,1-3H3/b20-17-,21-18-,29-26-,30-27-,38-35-,40-36-. The monoisotopic (exact) mass is 1060 g/mol. The van der Waals surface area contributed by atoms with Gasteiger partial charge in [0.15, 0.2) is 6.10 Å². The van der Waals surface area contributed by atoms with Gasteiger partial charge in [-0.05, 0) is 96.3 Å². The lowest BCUT2D eigenvalue weighted by Crippen LogP contribution is -2.30. The average molecular weight is 1060 g/mol. The third-order valence-electron chi connectivity index (χ3n) is 14.4. The van der Waals surface area contributed by atoms with Crippen molar-refractivity contribution in [2.45, 2.75) is 341 Å². The molecular weight excluding hydrogens is 937 g/mol. The zero-order valence-corrected chi connectivity index (χ0v) is 50.5. The zero-order valence-electron chi connectivity index (χ0n) is 50.5. The predicted molar refractivity (Wildman–Crippen MR) is 330 cm³/mol. The molecule has 76 heavy (non-hydrogen) atoms. The highest BCUT2D eigenvalue weighted by atomic mass is 16.6. The van der Waals surface area contributed by atoms with Gasteiger partial charge in [0.1, 0.15) is 13.2 Å². The van der Waals surface area contributed by atoms with Crippen LogP contribution in [0.1, 0.15) is 335 Å². The van der Waals surface area contributed by atoms with Crippen LogP contribution in [-0.2, 0) is 28.6 Å². The Kier molecular flexibility index (Phi) is 61.7. The van der Waals surface area contributed by atoms with Crippen molar-refractivity contribution >= 4 is 17.9 Å². The van der Waals surface area contributed by atoms with Crippen LogP contribution in [0.3, 0.4) is 0 Å². The van der Waals surface area contributed by atoms with Crippen molar-refractivity contribution in [1.29, 1.82) is 0 Å². The van der Waals surface area contributed by atoms with Gasteiger partial charge in [0.2, 0.25) is 0 Å². The number of esters is 3. The van der Waals surface area contributed by atoms with Crippen molar-refractivity contribution in [3.8, 4) is 0 Å². The largest absolute Gasteiger partial charge is 0.462 e. The van der Waals surface area contributed by atoms with E-state index in [0.717, 1.165) is 103 Å². The van der Waals surface area contributed by atoms with E-state index in [1.165, 1.54) is 193 Å². The maximum atomic E-state index is 12.9. The van der Waals surface area contributed by atoms with Crippen molar-refractivity contribution in [2.24, 2.45) is 0 Å². The molecule has 0 aliphatic carbocycles. The van der Waals surface area contributed by atoms with Gasteiger partial charge in [0, 0.05) is 19.3 Å². The zero-order chi connectivity index (χ0) is 55.0. The maximum Gasteiger partial charge on any atom is 0.306 e. The van der Waals surface area contributed by atoms with Gasteiger partial charge in [0.25, 0.3) is 0 Å². The minimum absolute atomic E-state index is 0.0823. The predicted octanol–water partition coefficient (Wildman–Crippen LogP) is 22.5. The van der Waals surface area contributed by atoms with Crippen LogP contribution < -0.4 is 0 Å². The van der Waals surface area contributed by atoms with Gasteiger partial charge in [0.05, 0.1) is 0 Å². The van der Waals surface area contributed by atoms with Gasteiger partial charge in [-0.15, -0.1) is 0 Å².